The lowest BCUT2D eigenvalue weighted by Gasteiger charge is -2.12. The molecule has 2 rings (SSSR count). The molecule has 1 atom stereocenters. The van der Waals surface area contributed by atoms with Crippen LogP contribution in [-0.4, -0.2) is 30.5 Å². The number of amides is 1. The summed E-state index contributed by atoms with van der Waals surface area (Å²) in [7, 11) is 1.80. The van der Waals surface area contributed by atoms with Gasteiger partial charge in [-0.3, -0.25) is 14.9 Å². The Kier molecular flexibility index (Phi) is 6.47. The Hall–Kier alpha value is -2.93. The SMILES string of the molecule is CNC(C)CNC(=O)c1ccc(NCc2ccccc2)c([N+](=O)[O-])c1. The Bertz CT molecular complexity index is 734. The van der Waals surface area contributed by atoms with Crippen LogP contribution in [0.5, 0.6) is 0 Å². The first kappa shape index (κ1) is 18.4. The van der Waals surface area contributed by atoms with Crippen molar-refractivity contribution in [3.63, 3.8) is 0 Å². The van der Waals surface area contributed by atoms with E-state index >= 15 is 0 Å². The summed E-state index contributed by atoms with van der Waals surface area (Å²) in [6.07, 6.45) is 0. The van der Waals surface area contributed by atoms with Crippen molar-refractivity contribution < 1.29 is 9.72 Å². The van der Waals surface area contributed by atoms with E-state index in [1.54, 1.807) is 19.2 Å². The van der Waals surface area contributed by atoms with Gasteiger partial charge in [0, 0.05) is 30.8 Å². The summed E-state index contributed by atoms with van der Waals surface area (Å²) in [6, 6.07) is 14.2. The number of carbonyl (C=O) groups excluding carboxylic acids is 1. The average Bonchev–Trinajstić information content (AvgIpc) is 2.64. The molecule has 0 fully saturated rings. The molecule has 25 heavy (non-hydrogen) atoms. The second kappa shape index (κ2) is 8.79. The van der Waals surface area contributed by atoms with E-state index in [0.29, 0.717) is 18.8 Å². The quantitative estimate of drug-likeness (QED) is 0.506. The fourth-order valence-corrected chi connectivity index (χ4v) is 2.22. The molecule has 2 aromatic rings. The number of carbonyl (C=O) groups is 1. The van der Waals surface area contributed by atoms with Crippen molar-refractivity contribution in [3.8, 4) is 0 Å². The van der Waals surface area contributed by atoms with Crippen LogP contribution >= 0.6 is 0 Å². The van der Waals surface area contributed by atoms with E-state index in [2.05, 4.69) is 16.0 Å². The lowest BCUT2D eigenvalue weighted by molar-refractivity contribution is -0.384. The first-order valence-corrected chi connectivity index (χ1v) is 8.03. The molecule has 0 aliphatic rings. The highest BCUT2D eigenvalue weighted by atomic mass is 16.6. The third-order valence-corrected chi connectivity index (χ3v) is 3.84. The Morgan fingerprint density at radius 3 is 2.56 bits per heavy atom. The van der Waals surface area contributed by atoms with Crippen LogP contribution in [0.15, 0.2) is 48.5 Å². The maximum Gasteiger partial charge on any atom is 0.293 e. The average molecular weight is 342 g/mol. The Labute approximate surface area is 146 Å². The monoisotopic (exact) mass is 342 g/mol. The standard InChI is InChI=1S/C18H22N4O3/c1-13(19-2)11-21-18(23)15-8-9-16(17(10-15)22(24)25)20-12-14-6-4-3-5-7-14/h3-10,13,19-20H,11-12H2,1-2H3,(H,21,23). The summed E-state index contributed by atoms with van der Waals surface area (Å²) in [5, 5.41) is 20.2. The van der Waals surface area contributed by atoms with Crippen molar-refractivity contribution in [2.45, 2.75) is 19.5 Å². The minimum atomic E-state index is -0.486. The van der Waals surface area contributed by atoms with Gasteiger partial charge in [0.1, 0.15) is 5.69 Å². The van der Waals surface area contributed by atoms with Gasteiger partial charge in [-0.1, -0.05) is 30.3 Å². The predicted octanol–water partition coefficient (Wildman–Crippen LogP) is 2.54. The van der Waals surface area contributed by atoms with Crippen molar-refractivity contribution >= 4 is 17.3 Å². The van der Waals surface area contributed by atoms with E-state index in [9.17, 15) is 14.9 Å². The van der Waals surface area contributed by atoms with Gasteiger partial charge in [-0.05, 0) is 31.7 Å². The number of hydrogen-bond donors (Lipinski definition) is 3. The van der Waals surface area contributed by atoms with Crippen molar-refractivity contribution in [2.75, 3.05) is 18.9 Å². The summed E-state index contributed by atoms with van der Waals surface area (Å²) in [5.74, 6) is -0.334. The van der Waals surface area contributed by atoms with E-state index in [1.165, 1.54) is 6.07 Å². The number of benzene rings is 2. The molecule has 3 N–H and O–H groups in total. The first-order valence-electron chi connectivity index (χ1n) is 8.03. The Morgan fingerprint density at radius 1 is 1.20 bits per heavy atom. The smallest absolute Gasteiger partial charge is 0.293 e. The van der Waals surface area contributed by atoms with E-state index in [4.69, 9.17) is 0 Å². The first-order chi connectivity index (χ1) is 12.0. The molecule has 7 heteroatoms. The second-order valence-corrected chi connectivity index (χ2v) is 5.73. The predicted molar refractivity (Wildman–Crippen MR) is 97.7 cm³/mol. The van der Waals surface area contributed by atoms with Crippen LogP contribution in [-0.2, 0) is 6.54 Å². The molecule has 0 saturated heterocycles. The van der Waals surface area contributed by atoms with Gasteiger partial charge in [0.15, 0.2) is 0 Å². The summed E-state index contributed by atoms with van der Waals surface area (Å²) in [4.78, 5) is 23.0. The van der Waals surface area contributed by atoms with E-state index in [1.807, 2.05) is 37.3 Å². The van der Waals surface area contributed by atoms with Crippen LogP contribution in [0, 0.1) is 10.1 Å². The molecule has 0 aliphatic heterocycles. The normalized spacial score (nSPS) is 11.6. The van der Waals surface area contributed by atoms with Crippen molar-refractivity contribution in [3.05, 3.63) is 69.8 Å². The number of nitrogens with one attached hydrogen (secondary N) is 3. The van der Waals surface area contributed by atoms with Gasteiger partial charge < -0.3 is 16.0 Å². The molecule has 2 aromatic carbocycles. The third-order valence-electron chi connectivity index (χ3n) is 3.84. The van der Waals surface area contributed by atoms with Crippen molar-refractivity contribution in [1.29, 1.82) is 0 Å². The van der Waals surface area contributed by atoms with Gasteiger partial charge in [-0.25, -0.2) is 0 Å². The summed E-state index contributed by atoms with van der Waals surface area (Å²) >= 11 is 0. The van der Waals surface area contributed by atoms with Gasteiger partial charge in [-0.2, -0.15) is 0 Å². The third kappa shape index (κ3) is 5.29. The maximum absolute atomic E-state index is 12.1. The fraction of sp³-hybridized carbons (Fsp3) is 0.278. The van der Waals surface area contributed by atoms with Crippen LogP contribution in [0.4, 0.5) is 11.4 Å². The maximum atomic E-state index is 12.1. The van der Waals surface area contributed by atoms with Crippen LogP contribution < -0.4 is 16.0 Å². The highest BCUT2D eigenvalue weighted by molar-refractivity contribution is 5.95. The molecule has 0 heterocycles. The van der Waals surface area contributed by atoms with Gasteiger partial charge in [0.2, 0.25) is 0 Å². The largest absolute Gasteiger partial charge is 0.375 e. The molecule has 7 nitrogen and oxygen atoms in total. The summed E-state index contributed by atoms with van der Waals surface area (Å²) < 4.78 is 0. The van der Waals surface area contributed by atoms with E-state index in [0.717, 1.165) is 5.56 Å². The molecular formula is C18H22N4O3. The Balaban J connectivity index is 2.11. The minimum Gasteiger partial charge on any atom is -0.375 e. The number of nitrogens with zero attached hydrogens (tertiary/aromatic N) is 1. The number of anilines is 1. The summed E-state index contributed by atoms with van der Waals surface area (Å²) in [6.45, 7) is 2.84. The topological polar surface area (TPSA) is 96.3 Å². The number of nitro benzene ring substituents is 1. The zero-order valence-electron chi connectivity index (χ0n) is 14.3. The zero-order valence-corrected chi connectivity index (χ0v) is 14.3. The number of rotatable bonds is 8. The van der Waals surface area contributed by atoms with Gasteiger partial charge in [0.05, 0.1) is 4.92 Å². The van der Waals surface area contributed by atoms with Gasteiger partial charge >= 0.3 is 0 Å². The molecule has 0 radical (unpaired) electrons. The lowest BCUT2D eigenvalue weighted by Crippen LogP contribution is -2.37. The number of hydrogen-bond acceptors (Lipinski definition) is 5. The molecule has 0 aromatic heterocycles. The van der Waals surface area contributed by atoms with Crippen LogP contribution in [0.1, 0.15) is 22.8 Å². The highest BCUT2D eigenvalue weighted by Crippen LogP contribution is 2.26. The van der Waals surface area contributed by atoms with Gasteiger partial charge in [0.25, 0.3) is 11.6 Å². The fourth-order valence-electron chi connectivity index (χ4n) is 2.22. The van der Waals surface area contributed by atoms with Crippen LogP contribution in [0.2, 0.25) is 0 Å². The van der Waals surface area contributed by atoms with E-state index in [-0.39, 0.29) is 23.2 Å². The lowest BCUT2D eigenvalue weighted by atomic mass is 10.1. The van der Waals surface area contributed by atoms with Crippen molar-refractivity contribution in [1.82, 2.24) is 10.6 Å². The zero-order chi connectivity index (χ0) is 18.2. The molecule has 0 spiro atoms. The molecule has 0 bridgehead atoms. The Morgan fingerprint density at radius 2 is 1.92 bits per heavy atom. The van der Waals surface area contributed by atoms with Crippen molar-refractivity contribution in [2.24, 2.45) is 0 Å². The molecule has 1 unspecified atom stereocenters. The number of likely N-dealkylation sites (N-methyl/N-ethyl adjacent to an activating group) is 1. The molecule has 132 valence electrons. The summed E-state index contributed by atoms with van der Waals surface area (Å²) in [5.41, 5.74) is 1.54. The van der Waals surface area contributed by atoms with Crippen LogP contribution in [0.25, 0.3) is 0 Å². The second-order valence-electron chi connectivity index (χ2n) is 5.73. The minimum absolute atomic E-state index is 0.116. The molecule has 0 aliphatic carbocycles. The highest BCUT2D eigenvalue weighted by Gasteiger charge is 2.17. The van der Waals surface area contributed by atoms with Gasteiger partial charge in [-0.15, -0.1) is 0 Å². The molecular weight excluding hydrogens is 320 g/mol. The number of nitro groups is 1. The van der Waals surface area contributed by atoms with E-state index < -0.39 is 4.92 Å². The van der Waals surface area contributed by atoms with Crippen LogP contribution in [0.3, 0.4) is 0 Å². The molecule has 1 amide bonds. The molecule has 0 saturated carbocycles.